The van der Waals surface area contributed by atoms with Gasteiger partial charge in [0.15, 0.2) is 9.84 Å². The van der Waals surface area contributed by atoms with Gasteiger partial charge in [0.05, 0.1) is 18.3 Å². The topological polar surface area (TPSA) is 98.3 Å². The van der Waals surface area contributed by atoms with Crippen LogP contribution < -0.4 is 15.0 Å². The number of methoxy groups -OCH3 is 1. The molecule has 1 heterocycles. The Morgan fingerprint density at radius 2 is 2.05 bits per heavy atom. The summed E-state index contributed by atoms with van der Waals surface area (Å²) in [6.07, 6.45) is 2.26. The van der Waals surface area contributed by atoms with Crippen molar-refractivity contribution in [2.45, 2.75) is 4.90 Å². The fourth-order valence-electron chi connectivity index (χ4n) is 1.50. The monoisotopic (exact) mass is 296 g/mol. The number of H-pyrrole nitrogens is 1. The molecule has 0 atom stereocenters. The number of hydrogen-bond acceptors (Lipinski definition) is 6. The van der Waals surface area contributed by atoms with E-state index in [0.717, 1.165) is 6.26 Å². The van der Waals surface area contributed by atoms with Gasteiger partial charge in [-0.1, -0.05) is 6.07 Å². The van der Waals surface area contributed by atoms with Gasteiger partial charge in [-0.2, -0.15) is 0 Å². The lowest BCUT2D eigenvalue weighted by molar-refractivity contribution is 0.362. The van der Waals surface area contributed by atoms with E-state index in [0.29, 0.717) is 0 Å². The summed E-state index contributed by atoms with van der Waals surface area (Å²) in [4.78, 5) is 17.8. The van der Waals surface area contributed by atoms with Crippen LogP contribution in [0.2, 0.25) is 0 Å². The molecule has 0 saturated carbocycles. The average Bonchev–Trinajstić information content (AvgIpc) is 2.38. The lowest BCUT2D eigenvalue weighted by atomic mass is 10.3. The molecule has 1 aromatic carbocycles. The van der Waals surface area contributed by atoms with Crippen LogP contribution in [-0.2, 0) is 9.84 Å². The molecule has 0 amide bonds. The maximum atomic E-state index is 11.5. The molecule has 106 valence electrons. The summed E-state index contributed by atoms with van der Waals surface area (Å²) in [6, 6.07) is 5.88. The van der Waals surface area contributed by atoms with E-state index in [9.17, 15) is 13.2 Å². The minimum absolute atomic E-state index is 0.0399. The molecule has 0 bridgehead atoms. The molecule has 8 heteroatoms. The third-order valence-electron chi connectivity index (χ3n) is 2.43. The normalized spacial score (nSPS) is 11.1. The Labute approximate surface area is 115 Å². The highest BCUT2D eigenvalue weighted by atomic mass is 32.2. The van der Waals surface area contributed by atoms with E-state index in [1.807, 2.05) is 0 Å². The van der Waals surface area contributed by atoms with E-state index in [2.05, 4.69) is 9.97 Å². The Bertz CT molecular complexity index is 782. The second kappa shape index (κ2) is 5.33. The Morgan fingerprint density at radius 1 is 1.30 bits per heavy atom. The molecule has 1 aromatic heterocycles. The first-order valence-corrected chi connectivity index (χ1v) is 7.40. The Kier molecular flexibility index (Phi) is 3.75. The number of ether oxygens (including phenoxy) is 2. The van der Waals surface area contributed by atoms with E-state index in [1.54, 1.807) is 6.07 Å². The molecule has 0 fully saturated rings. The zero-order chi connectivity index (χ0) is 14.8. The quantitative estimate of drug-likeness (QED) is 0.902. The van der Waals surface area contributed by atoms with Crippen LogP contribution in [0.1, 0.15) is 0 Å². The van der Waals surface area contributed by atoms with Crippen LogP contribution >= 0.6 is 0 Å². The van der Waals surface area contributed by atoms with Gasteiger partial charge >= 0.3 is 0 Å². The predicted octanol–water partition coefficient (Wildman–Crippen LogP) is 0.974. The highest BCUT2D eigenvalue weighted by Crippen LogP contribution is 2.26. The van der Waals surface area contributed by atoms with Crippen molar-refractivity contribution < 1.29 is 17.9 Å². The van der Waals surface area contributed by atoms with Gasteiger partial charge in [0.1, 0.15) is 5.75 Å². The van der Waals surface area contributed by atoms with E-state index in [1.165, 1.54) is 31.6 Å². The van der Waals surface area contributed by atoms with Crippen molar-refractivity contribution in [1.82, 2.24) is 9.97 Å². The summed E-state index contributed by atoms with van der Waals surface area (Å²) in [7, 11) is -2.03. The third-order valence-corrected chi connectivity index (χ3v) is 3.54. The molecule has 2 aromatic rings. The molecule has 7 nitrogen and oxygen atoms in total. The molecule has 1 N–H and O–H groups in total. The summed E-state index contributed by atoms with van der Waals surface area (Å²) in [5.41, 5.74) is -0.489. The second-order valence-electron chi connectivity index (χ2n) is 3.92. The zero-order valence-electron chi connectivity index (χ0n) is 10.8. The Morgan fingerprint density at radius 3 is 2.70 bits per heavy atom. The van der Waals surface area contributed by atoms with Crippen molar-refractivity contribution in [3.05, 3.63) is 40.9 Å². The Balaban J connectivity index is 2.41. The molecule has 0 saturated heterocycles. The van der Waals surface area contributed by atoms with Crippen molar-refractivity contribution in [3.63, 3.8) is 0 Å². The van der Waals surface area contributed by atoms with E-state index >= 15 is 0 Å². The molecule has 0 radical (unpaired) electrons. The maximum Gasteiger partial charge on any atom is 0.297 e. The van der Waals surface area contributed by atoms with Crippen LogP contribution in [0.5, 0.6) is 17.4 Å². The van der Waals surface area contributed by atoms with Crippen LogP contribution in [0.25, 0.3) is 0 Å². The number of nitrogens with one attached hydrogen (secondary N) is 1. The first-order valence-electron chi connectivity index (χ1n) is 5.51. The van der Waals surface area contributed by atoms with Gasteiger partial charge in [0, 0.05) is 6.26 Å². The van der Waals surface area contributed by atoms with Crippen molar-refractivity contribution in [2.24, 2.45) is 0 Å². The van der Waals surface area contributed by atoms with Gasteiger partial charge < -0.3 is 14.5 Å². The third kappa shape index (κ3) is 2.97. The lowest BCUT2D eigenvalue weighted by Gasteiger charge is -2.08. The summed E-state index contributed by atoms with van der Waals surface area (Å²) in [5, 5.41) is 0. The van der Waals surface area contributed by atoms with Crippen LogP contribution in [0.3, 0.4) is 0 Å². The fraction of sp³-hybridized carbons (Fsp3) is 0.167. The van der Waals surface area contributed by atoms with Gasteiger partial charge in [0.25, 0.3) is 11.4 Å². The van der Waals surface area contributed by atoms with Crippen molar-refractivity contribution in [2.75, 3.05) is 13.4 Å². The molecule has 0 aliphatic rings. The summed E-state index contributed by atoms with van der Waals surface area (Å²) >= 11 is 0. The molecule has 0 aliphatic heterocycles. The van der Waals surface area contributed by atoms with Crippen molar-refractivity contribution >= 4 is 9.84 Å². The molecule has 0 unspecified atom stereocenters. The van der Waals surface area contributed by atoms with Crippen molar-refractivity contribution in [3.8, 4) is 17.4 Å². The van der Waals surface area contributed by atoms with Gasteiger partial charge in [-0.15, -0.1) is 0 Å². The van der Waals surface area contributed by atoms with E-state index < -0.39 is 15.4 Å². The van der Waals surface area contributed by atoms with Gasteiger partial charge in [-0.3, -0.25) is 4.79 Å². The van der Waals surface area contributed by atoms with Crippen molar-refractivity contribution in [1.29, 1.82) is 0 Å². The summed E-state index contributed by atoms with van der Waals surface area (Å²) < 4.78 is 33.2. The largest absolute Gasteiger partial charge is 0.487 e. The number of nitrogens with zero attached hydrogens (tertiary/aromatic N) is 1. The highest BCUT2D eigenvalue weighted by molar-refractivity contribution is 7.90. The van der Waals surface area contributed by atoms with Crippen LogP contribution in [0.15, 0.2) is 40.3 Å². The summed E-state index contributed by atoms with van der Waals surface area (Å²) in [5.74, 6) is 0.114. The number of hydrogen-bond donors (Lipinski definition) is 1. The predicted molar refractivity (Wildman–Crippen MR) is 71.0 cm³/mol. The Hall–Kier alpha value is -2.35. The number of aromatic amines is 1. The van der Waals surface area contributed by atoms with Gasteiger partial charge in [0.2, 0.25) is 5.75 Å². The van der Waals surface area contributed by atoms with Crippen LogP contribution in [0.4, 0.5) is 0 Å². The smallest absolute Gasteiger partial charge is 0.297 e. The van der Waals surface area contributed by atoms with E-state index in [-0.39, 0.29) is 22.3 Å². The molecule has 0 spiro atoms. The van der Waals surface area contributed by atoms with Crippen LogP contribution in [0, 0.1) is 0 Å². The number of aromatic nitrogens is 2. The average molecular weight is 296 g/mol. The van der Waals surface area contributed by atoms with Crippen LogP contribution in [-0.4, -0.2) is 31.8 Å². The first kappa shape index (κ1) is 14.1. The second-order valence-corrected chi connectivity index (χ2v) is 5.93. The van der Waals surface area contributed by atoms with Gasteiger partial charge in [-0.25, -0.2) is 13.4 Å². The number of sulfone groups is 1. The molecule has 0 aliphatic carbocycles. The maximum absolute atomic E-state index is 11.5. The molecule has 2 rings (SSSR count). The SMILES string of the molecule is COc1c(Oc2cccc(S(C)(=O)=O)c2)nc[nH]c1=O. The standard InChI is InChI=1S/C12H12N2O5S/c1-18-10-11(15)13-7-14-12(10)19-8-4-3-5-9(6-8)20(2,16)17/h3-7H,1-2H3,(H,13,14,15). The van der Waals surface area contributed by atoms with E-state index in [4.69, 9.17) is 9.47 Å². The molecular formula is C12H12N2O5S. The zero-order valence-corrected chi connectivity index (χ0v) is 11.6. The summed E-state index contributed by atoms with van der Waals surface area (Å²) in [6.45, 7) is 0. The number of benzene rings is 1. The lowest BCUT2D eigenvalue weighted by Crippen LogP contribution is -2.11. The molecule has 20 heavy (non-hydrogen) atoms. The molecular weight excluding hydrogens is 284 g/mol. The first-order chi connectivity index (χ1) is 9.41. The van der Waals surface area contributed by atoms with Gasteiger partial charge in [-0.05, 0) is 18.2 Å². The minimum atomic E-state index is -3.34. The fourth-order valence-corrected chi connectivity index (χ4v) is 2.16. The minimum Gasteiger partial charge on any atom is -0.487 e. The highest BCUT2D eigenvalue weighted by Gasteiger charge is 2.13. The number of rotatable bonds is 4.